The normalized spacial score (nSPS) is 17.7. The lowest BCUT2D eigenvalue weighted by Crippen LogP contribution is -2.13. The summed E-state index contributed by atoms with van der Waals surface area (Å²) in [4.78, 5) is 4.34. The molecular formula is C18H17FN2O2. The van der Waals surface area contributed by atoms with Gasteiger partial charge in [0, 0.05) is 30.3 Å². The Labute approximate surface area is 133 Å². The molecule has 0 radical (unpaired) electrons. The van der Waals surface area contributed by atoms with Crippen LogP contribution in [-0.4, -0.2) is 24.7 Å². The number of para-hydroxylation sites is 1. The second kappa shape index (κ2) is 6.01. The fraction of sp³-hybridized carbons (Fsp3) is 0.278. The second-order valence-corrected chi connectivity index (χ2v) is 5.79. The lowest BCUT2D eigenvalue weighted by atomic mass is 10.1. The number of anilines is 1. The van der Waals surface area contributed by atoms with E-state index < -0.39 is 5.82 Å². The van der Waals surface area contributed by atoms with Crippen LogP contribution in [-0.2, 0) is 4.74 Å². The number of nitrogens with one attached hydrogen (secondary N) is 1. The number of ether oxygens (including phenoxy) is 1. The van der Waals surface area contributed by atoms with Gasteiger partial charge in [-0.3, -0.25) is 0 Å². The molecule has 2 heterocycles. The highest BCUT2D eigenvalue weighted by Crippen LogP contribution is 2.27. The van der Waals surface area contributed by atoms with E-state index in [0.717, 1.165) is 37.4 Å². The first-order chi connectivity index (χ1) is 11.3. The molecule has 1 unspecified atom stereocenters. The van der Waals surface area contributed by atoms with Crippen molar-refractivity contribution in [2.75, 3.05) is 25.1 Å². The van der Waals surface area contributed by atoms with Gasteiger partial charge in [-0.25, -0.2) is 9.37 Å². The van der Waals surface area contributed by atoms with Crippen LogP contribution in [0.3, 0.4) is 0 Å². The van der Waals surface area contributed by atoms with E-state index in [4.69, 9.17) is 9.15 Å². The number of benzene rings is 2. The van der Waals surface area contributed by atoms with Crippen LogP contribution in [0.4, 0.5) is 10.1 Å². The SMILES string of the molecule is Fc1cccc2nc(-c3ccc(NCC4CCOC4)cc3)oc12. The lowest BCUT2D eigenvalue weighted by Gasteiger charge is -2.10. The number of rotatable bonds is 4. The first kappa shape index (κ1) is 14.2. The monoisotopic (exact) mass is 312 g/mol. The number of hydrogen-bond donors (Lipinski definition) is 1. The van der Waals surface area contributed by atoms with E-state index in [2.05, 4.69) is 10.3 Å². The smallest absolute Gasteiger partial charge is 0.227 e. The molecular weight excluding hydrogens is 295 g/mol. The van der Waals surface area contributed by atoms with Crippen LogP contribution >= 0.6 is 0 Å². The average molecular weight is 312 g/mol. The third-order valence-corrected chi connectivity index (χ3v) is 4.12. The van der Waals surface area contributed by atoms with Crippen LogP contribution in [0.25, 0.3) is 22.6 Å². The van der Waals surface area contributed by atoms with Gasteiger partial charge in [-0.2, -0.15) is 0 Å². The predicted molar refractivity (Wildman–Crippen MR) is 86.8 cm³/mol. The molecule has 4 nitrogen and oxygen atoms in total. The van der Waals surface area contributed by atoms with Gasteiger partial charge in [-0.05, 0) is 42.8 Å². The molecule has 1 fully saturated rings. The highest BCUT2D eigenvalue weighted by atomic mass is 19.1. The summed E-state index contributed by atoms with van der Waals surface area (Å²) in [6, 6.07) is 12.6. The summed E-state index contributed by atoms with van der Waals surface area (Å²) in [6.07, 6.45) is 1.11. The van der Waals surface area contributed by atoms with Crippen molar-refractivity contribution in [3.05, 3.63) is 48.3 Å². The Morgan fingerprint density at radius 1 is 1.17 bits per heavy atom. The zero-order chi connectivity index (χ0) is 15.6. The van der Waals surface area contributed by atoms with Gasteiger partial charge < -0.3 is 14.5 Å². The van der Waals surface area contributed by atoms with E-state index in [-0.39, 0.29) is 5.58 Å². The summed E-state index contributed by atoms with van der Waals surface area (Å²) in [7, 11) is 0. The molecule has 1 aliphatic rings. The minimum Gasteiger partial charge on any atom is -0.433 e. The number of oxazole rings is 1. The van der Waals surface area contributed by atoms with Crippen LogP contribution in [0.15, 0.2) is 46.9 Å². The number of halogens is 1. The molecule has 0 amide bonds. The molecule has 1 N–H and O–H groups in total. The number of aromatic nitrogens is 1. The Morgan fingerprint density at radius 2 is 2.04 bits per heavy atom. The van der Waals surface area contributed by atoms with Gasteiger partial charge >= 0.3 is 0 Å². The molecule has 2 aromatic carbocycles. The maximum Gasteiger partial charge on any atom is 0.227 e. The Bertz CT molecular complexity index is 808. The van der Waals surface area contributed by atoms with Crippen LogP contribution in [0.2, 0.25) is 0 Å². The van der Waals surface area contributed by atoms with Crippen LogP contribution in [0.5, 0.6) is 0 Å². The Morgan fingerprint density at radius 3 is 2.78 bits per heavy atom. The van der Waals surface area contributed by atoms with Crippen molar-refractivity contribution in [3.8, 4) is 11.5 Å². The van der Waals surface area contributed by atoms with Crippen molar-refractivity contribution >= 4 is 16.8 Å². The number of fused-ring (bicyclic) bond motifs is 1. The van der Waals surface area contributed by atoms with E-state index in [1.54, 1.807) is 12.1 Å². The van der Waals surface area contributed by atoms with E-state index >= 15 is 0 Å². The fourth-order valence-corrected chi connectivity index (χ4v) is 2.78. The maximum atomic E-state index is 13.7. The van der Waals surface area contributed by atoms with Crippen LogP contribution < -0.4 is 5.32 Å². The topological polar surface area (TPSA) is 47.3 Å². The van der Waals surface area contributed by atoms with Crippen molar-refractivity contribution in [1.82, 2.24) is 4.98 Å². The Hall–Kier alpha value is -2.40. The molecule has 4 rings (SSSR count). The van der Waals surface area contributed by atoms with Gasteiger partial charge in [0.2, 0.25) is 5.89 Å². The molecule has 1 saturated heterocycles. The first-order valence-electron chi connectivity index (χ1n) is 7.77. The quantitative estimate of drug-likeness (QED) is 0.788. The van der Waals surface area contributed by atoms with Crippen LogP contribution in [0, 0.1) is 11.7 Å². The molecule has 5 heteroatoms. The zero-order valence-corrected chi connectivity index (χ0v) is 12.6. The molecule has 118 valence electrons. The Balaban J connectivity index is 1.51. The van der Waals surface area contributed by atoms with Gasteiger partial charge in [0.05, 0.1) is 6.61 Å². The van der Waals surface area contributed by atoms with Gasteiger partial charge in [0.25, 0.3) is 0 Å². The van der Waals surface area contributed by atoms with Gasteiger partial charge in [0.15, 0.2) is 11.4 Å². The summed E-state index contributed by atoms with van der Waals surface area (Å²) >= 11 is 0. The average Bonchev–Trinajstić information content (AvgIpc) is 3.23. The molecule has 3 aromatic rings. The molecule has 0 aliphatic carbocycles. The van der Waals surface area contributed by atoms with Crippen molar-refractivity contribution < 1.29 is 13.5 Å². The summed E-state index contributed by atoms with van der Waals surface area (Å²) < 4.78 is 24.6. The fourth-order valence-electron chi connectivity index (χ4n) is 2.78. The van der Waals surface area contributed by atoms with E-state index in [1.165, 1.54) is 6.07 Å². The molecule has 23 heavy (non-hydrogen) atoms. The standard InChI is InChI=1S/C18H17FN2O2/c19-15-2-1-3-16-17(15)23-18(21-16)13-4-6-14(7-5-13)20-10-12-8-9-22-11-12/h1-7,12,20H,8-11H2. The Kier molecular flexibility index (Phi) is 3.71. The van der Waals surface area contributed by atoms with Crippen molar-refractivity contribution in [3.63, 3.8) is 0 Å². The molecule has 1 aromatic heterocycles. The maximum absolute atomic E-state index is 13.7. The van der Waals surface area contributed by atoms with Crippen molar-refractivity contribution in [2.45, 2.75) is 6.42 Å². The van der Waals surface area contributed by atoms with Gasteiger partial charge in [0.1, 0.15) is 5.52 Å². The minimum atomic E-state index is -0.390. The van der Waals surface area contributed by atoms with Gasteiger partial charge in [-0.15, -0.1) is 0 Å². The predicted octanol–water partition coefficient (Wildman–Crippen LogP) is 4.08. The highest BCUT2D eigenvalue weighted by Gasteiger charge is 2.15. The molecule has 1 aliphatic heterocycles. The largest absolute Gasteiger partial charge is 0.433 e. The zero-order valence-electron chi connectivity index (χ0n) is 12.6. The number of hydrogen-bond acceptors (Lipinski definition) is 4. The van der Waals surface area contributed by atoms with E-state index in [1.807, 2.05) is 24.3 Å². The summed E-state index contributed by atoms with van der Waals surface area (Å²) in [5.74, 6) is 0.619. The van der Waals surface area contributed by atoms with E-state index in [9.17, 15) is 4.39 Å². The van der Waals surface area contributed by atoms with Gasteiger partial charge in [-0.1, -0.05) is 6.07 Å². The molecule has 0 spiro atoms. The first-order valence-corrected chi connectivity index (χ1v) is 7.77. The molecule has 0 saturated carbocycles. The summed E-state index contributed by atoms with van der Waals surface area (Å²) in [5, 5.41) is 3.41. The third-order valence-electron chi connectivity index (χ3n) is 4.12. The number of nitrogens with zero attached hydrogens (tertiary/aromatic N) is 1. The lowest BCUT2D eigenvalue weighted by molar-refractivity contribution is 0.187. The second-order valence-electron chi connectivity index (χ2n) is 5.79. The highest BCUT2D eigenvalue weighted by molar-refractivity contribution is 5.76. The summed E-state index contributed by atoms with van der Waals surface area (Å²) in [5.41, 5.74) is 2.60. The van der Waals surface area contributed by atoms with Crippen LogP contribution in [0.1, 0.15) is 6.42 Å². The third kappa shape index (κ3) is 2.92. The van der Waals surface area contributed by atoms with E-state index in [0.29, 0.717) is 17.3 Å². The molecule has 0 bridgehead atoms. The van der Waals surface area contributed by atoms with Crippen molar-refractivity contribution in [2.24, 2.45) is 5.92 Å². The summed E-state index contributed by atoms with van der Waals surface area (Å²) in [6.45, 7) is 2.60. The minimum absolute atomic E-state index is 0.200. The van der Waals surface area contributed by atoms with Crippen molar-refractivity contribution in [1.29, 1.82) is 0 Å². The molecule has 1 atom stereocenters.